The van der Waals surface area contributed by atoms with Gasteiger partial charge in [-0.25, -0.2) is 9.97 Å². The molecule has 0 amide bonds. The van der Waals surface area contributed by atoms with Crippen molar-refractivity contribution in [3.05, 3.63) is 66.7 Å². The molecule has 0 aliphatic rings. The summed E-state index contributed by atoms with van der Waals surface area (Å²) in [6, 6.07) is 21.4. The zero-order valence-electron chi connectivity index (χ0n) is 17.2. The average molecular weight is 401 g/mol. The zero-order valence-corrected chi connectivity index (χ0v) is 17.2. The van der Waals surface area contributed by atoms with Crippen molar-refractivity contribution in [1.82, 2.24) is 9.97 Å². The minimum absolute atomic E-state index is 0.600. The van der Waals surface area contributed by atoms with Crippen molar-refractivity contribution in [2.45, 2.75) is 6.92 Å². The molecule has 4 aromatic rings. The fourth-order valence-corrected chi connectivity index (χ4v) is 3.21. The van der Waals surface area contributed by atoms with E-state index in [0.717, 1.165) is 33.7 Å². The van der Waals surface area contributed by atoms with E-state index in [-0.39, 0.29) is 0 Å². The average Bonchev–Trinajstić information content (AvgIpc) is 2.80. The maximum atomic E-state index is 5.52. The van der Waals surface area contributed by atoms with Gasteiger partial charge in [0.05, 0.1) is 26.3 Å². The van der Waals surface area contributed by atoms with Gasteiger partial charge in [-0.15, -0.1) is 0 Å². The van der Waals surface area contributed by atoms with Crippen LogP contribution in [-0.4, -0.2) is 30.8 Å². The van der Waals surface area contributed by atoms with Crippen LogP contribution in [-0.2, 0) is 0 Å². The minimum Gasteiger partial charge on any atom is -0.494 e. The molecule has 0 radical (unpaired) electrons. The van der Waals surface area contributed by atoms with Crippen LogP contribution in [0, 0.1) is 0 Å². The topological polar surface area (TPSA) is 65.5 Å². The molecule has 0 unspecified atom stereocenters. The molecule has 0 aliphatic carbocycles. The predicted octanol–water partition coefficient (Wildman–Crippen LogP) is 5.46. The Bertz CT molecular complexity index is 1160. The first-order valence-corrected chi connectivity index (χ1v) is 9.71. The van der Waals surface area contributed by atoms with Crippen molar-refractivity contribution in [2.75, 3.05) is 26.1 Å². The summed E-state index contributed by atoms with van der Waals surface area (Å²) in [4.78, 5) is 9.56. The SMILES string of the molecule is CCOc1ccc(Nc2nc(-c3ccc(OC)c(OC)c3)nc3ccccc23)cc1. The summed E-state index contributed by atoms with van der Waals surface area (Å²) >= 11 is 0. The van der Waals surface area contributed by atoms with Crippen LogP contribution in [0.5, 0.6) is 17.2 Å². The van der Waals surface area contributed by atoms with E-state index in [1.54, 1.807) is 14.2 Å². The van der Waals surface area contributed by atoms with Gasteiger partial charge in [-0.1, -0.05) is 12.1 Å². The van der Waals surface area contributed by atoms with E-state index >= 15 is 0 Å². The van der Waals surface area contributed by atoms with Crippen molar-refractivity contribution in [1.29, 1.82) is 0 Å². The lowest BCUT2D eigenvalue weighted by molar-refractivity contribution is 0.340. The van der Waals surface area contributed by atoms with Gasteiger partial charge < -0.3 is 19.5 Å². The molecule has 152 valence electrons. The number of aromatic nitrogens is 2. The highest BCUT2D eigenvalue weighted by Gasteiger charge is 2.12. The van der Waals surface area contributed by atoms with Gasteiger partial charge in [0.15, 0.2) is 17.3 Å². The normalized spacial score (nSPS) is 10.6. The lowest BCUT2D eigenvalue weighted by Gasteiger charge is -2.13. The molecule has 1 N–H and O–H groups in total. The molecular formula is C24H23N3O3. The van der Waals surface area contributed by atoms with Gasteiger partial charge in [0, 0.05) is 16.6 Å². The van der Waals surface area contributed by atoms with E-state index in [9.17, 15) is 0 Å². The van der Waals surface area contributed by atoms with Crippen LogP contribution in [0.4, 0.5) is 11.5 Å². The zero-order chi connectivity index (χ0) is 20.9. The lowest BCUT2D eigenvalue weighted by Crippen LogP contribution is -2.00. The molecule has 0 saturated carbocycles. The minimum atomic E-state index is 0.600. The third kappa shape index (κ3) is 3.98. The molecule has 0 aliphatic heterocycles. The maximum Gasteiger partial charge on any atom is 0.162 e. The number of hydrogen-bond acceptors (Lipinski definition) is 6. The Morgan fingerprint density at radius 3 is 2.33 bits per heavy atom. The Morgan fingerprint density at radius 2 is 1.60 bits per heavy atom. The van der Waals surface area contributed by atoms with Gasteiger partial charge in [0.25, 0.3) is 0 Å². The van der Waals surface area contributed by atoms with Crippen molar-refractivity contribution in [3.63, 3.8) is 0 Å². The first kappa shape index (κ1) is 19.5. The Morgan fingerprint density at radius 1 is 0.833 bits per heavy atom. The highest BCUT2D eigenvalue weighted by atomic mass is 16.5. The van der Waals surface area contributed by atoms with Gasteiger partial charge >= 0.3 is 0 Å². The largest absolute Gasteiger partial charge is 0.494 e. The molecule has 0 saturated heterocycles. The summed E-state index contributed by atoms with van der Waals surface area (Å²) in [7, 11) is 3.23. The number of methoxy groups -OCH3 is 2. The number of fused-ring (bicyclic) bond motifs is 1. The summed E-state index contributed by atoms with van der Waals surface area (Å²) in [5, 5.41) is 4.36. The Balaban J connectivity index is 1.76. The number of ether oxygens (including phenoxy) is 3. The third-order valence-electron chi connectivity index (χ3n) is 4.67. The summed E-state index contributed by atoms with van der Waals surface area (Å²) in [6.45, 7) is 2.60. The molecule has 6 nitrogen and oxygen atoms in total. The number of nitrogens with one attached hydrogen (secondary N) is 1. The van der Waals surface area contributed by atoms with Crippen LogP contribution in [0.3, 0.4) is 0 Å². The van der Waals surface area contributed by atoms with Crippen molar-refractivity contribution in [2.24, 2.45) is 0 Å². The molecule has 4 rings (SSSR count). The van der Waals surface area contributed by atoms with E-state index in [4.69, 9.17) is 24.2 Å². The van der Waals surface area contributed by atoms with Gasteiger partial charge in [0.1, 0.15) is 11.6 Å². The van der Waals surface area contributed by atoms with Gasteiger partial charge in [0.2, 0.25) is 0 Å². The van der Waals surface area contributed by atoms with Crippen molar-refractivity contribution >= 4 is 22.4 Å². The highest BCUT2D eigenvalue weighted by molar-refractivity contribution is 5.92. The monoisotopic (exact) mass is 401 g/mol. The molecule has 0 bridgehead atoms. The first-order valence-electron chi connectivity index (χ1n) is 9.71. The van der Waals surface area contributed by atoms with Crippen molar-refractivity contribution < 1.29 is 14.2 Å². The Labute approximate surface area is 175 Å². The number of rotatable bonds is 7. The maximum absolute atomic E-state index is 5.52. The molecule has 3 aromatic carbocycles. The van der Waals surface area contributed by atoms with Crippen LogP contribution in [0.25, 0.3) is 22.3 Å². The summed E-state index contributed by atoms with van der Waals surface area (Å²) in [5.74, 6) is 3.46. The van der Waals surface area contributed by atoms with Crippen LogP contribution >= 0.6 is 0 Å². The molecular weight excluding hydrogens is 378 g/mol. The van der Waals surface area contributed by atoms with Crippen LogP contribution in [0.2, 0.25) is 0 Å². The summed E-state index contributed by atoms with van der Waals surface area (Å²) < 4.78 is 16.3. The van der Waals surface area contributed by atoms with E-state index in [1.807, 2.05) is 73.7 Å². The molecule has 0 atom stereocenters. The number of nitrogens with zero attached hydrogens (tertiary/aromatic N) is 2. The second kappa shape index (κ2) is 8.69. The van der Waals surface area contributed by atoms with E-state index in [0.29, 0.717) is 23.9 Å². The molecule has 1 heterocycles. The van der Waals surface area contributed by atoms with Gasteiger partial charge in [-0.2, -0.15) is 0 Å². The summed E-state index contributed by atoms with van der Waals surface area (Å²) in [5.41, 5.74) is 2.61. The number of para-hydroxylation sites is 1. The molecule has 6 heteroatoms. The third-order valence-corrected chi connectivity index (χ3v) is 4.67. The number of hydrogen-bond donors (Lipinski definition) is 1. The van der Waals surface area contributed by atoms with Crippen LogP contribution in [0.15, 0.2) is 66.7 Å². The predicted molar refractivity (Wildman–Crippen MR) is 119 cm³/mol. The second-order valence-electron chi connectivity index (χ2n) is 6.57. The van der Waals surface area contributed by atoms with Gasteiger partial charge in [-0.3, -0.25) is 0 Å². The molecule has 0 fully saturated rings. The summed E-state index contributed by atoms with van der Waals surface area (Å²) in [6.07, 6.45) is 0. The van der Waals surface area contributed by atoms with Crippen LogP contribution in [0.1, 0.15) is 6.92 Å². The Hall–Kier alpha value is -3.80. The standard InChI is InChI=1S/C24H23N3O3/c1-4-30-18-12-10-17(11-13-18)25-24-19-7-5-6-8-20(19)26-23(27-24)16-9-14-21(28-2)22(15-16)29-3/h5-15H,4H2,1-3H3,(H,25,26,27). The van der Waals surface area contributed by atoms with E-state index < -0.39 is 0 Å². The lowest BCUT2D eigenvalue weighted by atomic mass is 10.1. The smallest absolute Gasteiger partial charge is 0.162 e. The molecule has 1 aromatic heterocycles. The quantitative estimate of drug-likeness (QED) is 0.444. The second-order valence-corrected chi connectivity index (χ2v) is 6.57. The molecule has 30 heavy (non-hydrogen) atoms. The van der Waals surface area contributed by atoms with Crippen molar-refractivity contribution in [3.8, 4) is 28.6 Å². The number of anilines is 2. The highest BCUT2D eigenvalue weighted by Crippen LogP contribution is 2.33. The Kier molecular flexibility index (Phi) is 5.66. The first-order chi connectivity index (χ1) is 14.7. The van der Waals surface area contributed by atoms with Crippen LogP contribution < -0.4 is 19.5 Å². The van der Waals surface area contributed by atoms with Gasteiger partial charge in [-0.05, 0) is 61.5 Å². The number of benzene rings is 3. The molecule has 0 spiro atoms. The van der Waals surface area contributed by atoms with E-state index in [2.05, 4.69) is 5.32 Å². The fourth-order valence-electron chi connectivity index (χ4n) is 3.21. The fraction of sp³-hybridized carbons (Fsp3) is 0.167. The van der Waals surface area contributed by atoms with E-state index in [1.165, 1.54) is 0 Å².